The Kier molecular flexibility index (Phi) is 6.29. The van der Waals surface area contributed by atoms with Crippen LogP contribution in [0.4, 0.5) is 0 Å². The van der Waals surface area contributed by atoms with Crippen LogP contribution in [0.1, 0.15) is 23.6 Å². The number of fused-ring (bicyclic) bond motifs is 1. The van der Waals surface area contributed by atoms with Crippen molar-refractivity contribution >= 4 is 10.9 Å². The fourth-order valence-corrected chi connectivity index (χ4v) is 4.83. The minimum Gasteiger partial charge on any atom is -0.361 e. The summed E-state index contributed by atoms with van der Waals surface area (Å²) >= 11 is 0. The zero-order valence-corrected chi connectivity index (χ0v) is 18.4. The normalized spacial score (nSPS) is 16.5. The first-order chi connectivity index (χ1) is 15.8. The van der Waals surface area contributed by atoms with E-state index in [1.807, 2.05) is 4.57 Å². The molecular weight excluding hydrogens is 398 g/mol. The van der Waals surface area contributed by atoms with Crippen LogP contribution < -0.4 is 5.73 Å². The number of aromatic nitrogens is 4. The van der Waals surface area contributed by atoms with Crippen molar-refractivity contribution in [2.75, 3.05) is 39.3 Å². The number of aryl methyl sites for hydroxylation is 1. The molecule has 166 valence electrons. The summed E-state index contributed by atoms with van der Waals surface area (Å²) in [6.07, 6.45) is 7.86. The fraction of sp³-hybridized carbons (Fsp3) is 0.360. The third kappa shape index (κ3) is 4.46. The molecule has 1 unspecified atom stereocenters. The standard InChI is InChI=1S/C25H31N7/c26-16-25(20-5-2-1-3-6-20)31-13-11-30(12-14-31)10-4-7-21-17-27-24-9-8-22(15-23(21)24)32-18-28-29-19-32/h1-3,5-6,8-9,15,17-19,25,27H,4,7,10-14,16,26H2. The molecule has 0 spiro atoms. The summed E-state index contributed by atoms with van der Waals surface area (Å²) in [7, 11) is 0. The molecule has 1 atom stereocenters. The van der Waals surface area contributed by atoms with Gasteiger partial charge in [0.15, 0.2) is 0 Å². The SMILES string of the molecule is NCC(c1ccccc1)N1CCN(CCCc2c[nH]c3ccc(-n4cnnc4)cc23)CC1. The van der Waals surface area contributed by atoms with E-state index < -0.39 is 0 Å². The predicted molar refractivity (Wildman–Crippen MR) is 128 cm³/mol. The number of H-pyrrole nitrogens is 1. The van der Waals surface area contributed by atoms with Gasteiger partial charge in [0.2, 0.25) is 0 Å². The Balaban J connectivity index is 1.15. The molecule has 0 amide bonds. The van der Waals surface area contributed by atoms with Crippen molar-refractivity contribution in [1.82, 2.24) is 29.5 Å². The number of nitrogens with one attached hydrogen (secondary N) is 1. The van der Waals surface area contributed by atoms with Crippen LogP contribution in [0.2, 0.25) is 0 Å². The quantitative estimate of drug-likeness (QED) is 0.450. The van der Waals surface area contributed by atoms with E-state index in [9.17, 15) is 0 Å². The Morgan fingerprint density at radius 3 is 2.50 bits per heavy atom. The molecule has 5 rings (SSSR count). The molecule has 1 fully saturated rings. The van der Waals surface area contributed by atoms with Crippen molar-refractivity contribution in [3.8, 4) is 5.69 Å². The lowest BCUT2D eigenvalue weighted by Crippen LogP contribution is -2.49. The molecule has 1 aliphatic heterocycles. The van der Waals surface area contributed by atoms with Crippen molar-refractivity contribution in [2.24, 2.45) is 5.73 Å². The van der Waals surface area contributed by atoms with Crippen LogP contribution in [-0.4, -0.2) is 68.8 Å². The van der Waals surface area contributed by atoms with E-state index in [1.165, 1.54) is 22.0 Å². The highest BCUT2D eigenvalue weighted by atomic mass is 15.3. The number of rotatable bonds is 8. The highest BCUT2D eigenvalue weighted by Crippen LogP contribution is 2.24. The first kappa shape index (κ1) is 20.9. The molecule has 2 aromatic heterocycles. The Bertz CT molecular complexity index is 1110. The topological polar surface area (TPSA) is 79.0 Å². The van der Waals surface area contributed by atoms with Gasteiger partial charge in [0, 0.05) is 61.6 Å². The van der Waals surface area contributed by atoms with Crippen LogP contribution >= 0.6 is 0 Å². The maximum Gasteiger partial charge on any atom is 0.123 e. The first-order valence-corrected chi connectivity index (χ1v) is 11.5. The average molecular weight is 430 g/mol. The van der Waals surface area contributed by atoms with Crippen molar-refractivity contribution in [3.63, 3.8) is 0 Å². The van der Waals surface area contributed by atoms with E-state index in [-0.39, 0.29) is 0 Å². The minimum absolute atomic E-state index is 0.324. The molecule has 1 aliphatic rings. The van der Waals surface area contributed by atoms with Crippen LogP contribution in [0, 0.1) is 0 Å². The summed E-state index contributed by atoms with van der Waals surface area (Å²) in [4.78, 5) is 8.55. The number of hydrogen-bond acceptors (Lipinski definition) is 5. The van der Waals surface area contributed by atoms with Crippen LogP contribution in [0.3, 0.4) is 0 Å². The van der Waals surface area contributed by atoms with Crippen LogP contribution in [0.15, 0.2) is 67.4 Å². The maximum atomic E-state index is 6.13. The summed E-state index contributed by atoms with van der Waals surface area (Å²) < 4.78 is 1.94. The molecule has 0 aliphatic carbocycles. The lowest BCUT2D eigenvalue weighted by atomic mass is 10.0. The Labute approximate surface area is 188 Å². The Morgan fingerprint density at radius 2 is 1.75 bits per heavy atom. The van der Waals surface area contributed by atoms with E-state index in [0.29, 0.717) is 12.6 Å². The van der Waals surface area contributed by atoms with E-state index in [0.717, 1.165) is 51.3 Å². The third-order valence-corrected chi connectivity index (χ3v) is 6.64. The van der Waals surface area contributed by atoms with Crippen molar-refractivity contribution in [3.05, 3.63) is 78.5 Å². The van der Waals surface area contributed by atoms with Gasteiger partial charge in [-0.25, -0.2) is 0 Å². The predicted octanol–water partition coefficient (Wildman–Crippen LogP) is 3.00. The Hall–Kier alpha value is -3.00. The largest absolute Gasteiger partial charge is 0.361 e. The zero-order valence-electron chi connectivity index (χ0n) is 18.4. The first-order valence-electron chi connectivity index (χ1n) is 11.5. The summed E-state index contributed by atoms with van der Waals surface area (Å²) in [5.74, 6) is 0. The summed E-state index contributed by atoms with van der Waals surface area (Å²) in [5.41, 5.74) is 11.1. The second-order valence-corrected chi connectivity index (χ2v) is 8.56. The molecule has 0 radical (unpaired) electrons. The van der Waals surface area contributed by atoms with Gasteiger partial charge in [0.1, 0.15) is 12.7 Å². The fourth-order valence-electron chi connectivity index (χ4n) is 4.83. The van der Waals surface area contributed by atoms with Gasteiger partial charge in [-0.1, -0.05) is 30.3 Å². The molecule has 0 bridgehead atoms. The van der Waals surface area contributed by atoms with Crippen LogP contribution in [-0.2, 0) is 6.42 Å². The number of nitrogens with two attached hydrogens (primary N) is 1. The van der Waals surface area contributed by atoms with Gasteiger partial charge in [0.05, 0.1) is 0 Å². The van der Waals surface area contributed by atoms with Crippen LogP contribution in [0.25, 0.3) is 16.6 Å². The maximum absolute atomic E-state index is 6.13. The molecule has 4 aromatic rings. The lowest BCUT2D eigenvalue weighted by molar-refractivity contribution is 0.0978. The number of piperazine rings is 1. The summed E-state index contributed by atoms with van der Waals surface area (Å²) in [6, 6.07) is 17.4. The smallest absolute Gasteiger partial charge is 0.123 e. The summed E-state index contributed by atoms with van der Waals surface area (Å²) in [5, 5.41) is 9.12. The Morgan fingerprint density at radius 1 is 0.969 bits per heavy atom. The number of aromatic amines is 1. The molecule has 1 saturated heterocycles. The molecule has 2 aromatic carbocycles. The molecule has 32 heavy (non-hydrogen) atoms. The van der Waals surface area contributed by atoms with E-state index in [1.54, 1.807) is 12.7 Å². The number of hydrogen-bond donors (Lipinski definition) is 2. The highest BCUT2D eigenvalue weighted by Gasteiger charge is 2.23. The highest BCUT2D eigenvalue weighted by molar-refractivity contribution is 5.85. The van der Waals surface area contributed by atoms with Gasteiger partial charge in [-0.3, -0.25) is 9.47 Å². The minimum atomic E-state index is 0.324. The van der Waals surface area contributed by atoms with Crippen molar-refractivity contribution in [1.29, 1.82) is 0 Å². The zero-order chi connectivity index (χ0) is 21.8. The molecular formula is C25H31N7. The lowest BCUT2D eigenvalue weighted by Gasteiger charge is -2.39. The van der Waals surface area contributed by atoms with E-state index in [2.05, 4.69) is 79.7 Å². The monoisotopic (exact) mass is 429 g/mol. The molecule has 3 heterocycles. The molecule has 3 N–H and O–H groups in total. The van der Waals surface area contributed by atoms with Gasteiger partial charge >= 0.3 is 0 Å². The molecule has 7 nitrogen and oxygen atoms in total. The number of benzene rings is 2. The number of nitrogens with zero attached hydrogens (tertiary/aromatic N) is 5. The average Bonchev–Trinajstić information content (AvgIpc) is 3.52. The molecule has 0 saturated carbocycles. The summed E-state index contributed by atoms with van der Waals surface area (Å²) in [6.45, 7) is 6.16. The van der Waals surface area contributed by atoms with Gasteiger partial charge in [-0.15, -0.1) is 10.2 Å². The van der Waals surface area contributed by atoms with E-state index in [4.69, 9.17) is 5.73 Å². The van der Waals surface area contributed by atoms with Gasteiger partial charge in [0.25, 0.3) is 0 Å². The second-order valence-electron chi connectivity index (χ2n) is 8.56. The van der Waals surface area contributed by atoms with Gasteiger partial charge < -0.3 is 15.6 Å². The van der Waals surface area contributed by atoms with Gasteiger partial charge in [-0.05, 0) is 48.7 Å². The third-order valence-electron chi connectivity index (χ3n) is 6.64. The van der Waals surface area contributed by atoms with Crippen molar-refractivity contribution < 1.29 is 0 Å². The second kappa shape index (κ2) is 9.65. The molecule has 7 heteroatoms. The van der Waals surface area contributed by atoms with Crippen molar-refractivity contribution in [2.45, 2.75) is 18.9 Å². The van der Waals surface area contributed by atoms with Crippen LogP contribution in [0.5, 0.6) is 0 Å². The van der Waals surface area contributed by atoms with E-state index >= 15 is 0 Å². The van der Waals surface area contributed by atoms with Gasteiger partial charge in [-0.2, -0.15) is 0 Å².